The molecule has 0 radical (unpaired) electrons. The lowest BCUT2D eigenvalue weighted by Gasteiger charge is -2.06. The van der Waals surface area contributed by atoms with Crippen molar-refractivity contribution in [2.45, 2.75) is 24.6 Å². The van der Waals surface area contributed by atoms with Gasteiger partial charge in [0.05, 0.1) is 11.3 Å². The molecular formula is C14H18N4S. The minimum Gasteiger partial charge on any atom is -0.384 e. The summed E-state index contributed by atoms with van der Waals surface area (Å²) in [6.45, 7) is 3.97. The van der Waals surface area contributed by atoms with Gasteiger partial charge in [-0.2, -0.15) is 5.10 Å². The van der Waals surface area contributed by atoms with Crippen LogP contribution in [0.4, 0.5) is 0 Å². The average Bonchev–Trinajstić information content (AvgIpc) is 2.61. The molecule has 5 heteroatoms. The fraction of sp³-hybridized carbons (Fsp3) is 0.286. The lowest BCUT2D eigenvalue weighted by Crippen LogP contribution is -2.13. The highest BCUT2D eigenvalue weighted by Gasteiger charge is 2.16. The van der Waals surface area contributed by atoms with Crippen molar-refractivity contribution in [3.8, 4) is 0 Å². The molecule has 1 heterocycles. The largest absolute Gasteiger partial charge is 0.384 e. The Morgan fingerprint density at radius 2 is 2.16 bits per heavy atom. The molecule has 1 aromatic heterocycles. The van der Waals surface area contributed by atoms with Crippen molar-refractivity contribution in [1.82, 2.24) is 9.78 Å². The second kappa shape index (κ2) is 5.48. The monoisotopic (exact) mass is 274 g/mol. The van der Waals surface area contributed by atoms with Crippen molar-refractivity contribution in [3.63, 3.8) is 0 Å². The second-order valence-corrected chi connectivity index (χ2v) is 5.54. The Kier molecular flexibility index (Phi) is 3.95. The van der Waals surface area contributed by atoms with Gasteiger partial charge in [0.15, 0.2) is 0 Å². The first kappa shape index (κ1) is 13.7. The summed E-state index contributed by atoms with van der Waals surface area (Å²) in [7, 11) is 1.89. The molecule has 0 aliphatic rings. The van der Waals surface area contributed by atoms with Gasteiger partial charge in [0.2, 0.25) is 0 Å². The van der Waals surface area contributed by atoms with Crippen molar-refractivity contribution in [1.29, 1.82) is 5.41 Å². The zero-order chi connectivity index (χ0) is 14.0. The molecular weight excluding hydrogens is 256 g/mol. The second-order valence-electron chi connectivity index (χ2n) is 4.58. The van der Waals surface area contributed by atoms with Crippen molar-refractivity contribution in [3.05, 3.63) is 46.6 Å². The van der Waals surface area contributed by atoms with Crippen LogP contribution in [0, 0.1) is 19.3 Å². The van der Waals surface area contributed by atoms with E-state index >= 15 is 0 Å². The molecule has 3 N–H and O–H groups in total. The Morgan fingerprint density at radius 3 is 2.79 bits per heavy atom. The summed E-state index contributed by atoms with van der Waals surface area (Å²) in [5.74, 6) is 0.929. The topological polar surface area (TPSA) is 67.7 Å². The lowest BCUT2D eigenvalue weighted by atomic mass is 10.2. The summed E-state index contributed by atoms with van der Waals surface area (Å²) >= 11 is 1.66. The summed E-state index contributed by atoms with van der Waals surface area (Å²) in [6.07, 6.45) is 0. The van der Waals surface area contributed by atoms with E-state index < -0.39 is 0 Å². The van der Waals surface area contributed by atoms with Crippen molar-refractivity contribution in [2.75, 3.05) is 0 Å². The molecule has 0 aliphatic carbocycles. The number of benzene rings is 1. The van der Waals surface area contributed by atoms with Crippen LogP contribution in [-0.2, 0) is 12.8 Å². The molecule has 0 atom stereocenters. The Bertz CT molecular complexity index is 616. The van der Waals surface area contributed by atoms with Gasteiger partial charge in [0.1, 0.15) is 10.9 Å². The number of hydrogen-bond acceptors (Lipinski definition) is 3. The SMILES string of the molecule is Cc1cccc(CSc2c(C(=N)N)c(C)nn2C)c1. The van der Waals surface area contributed by atoms with E-state index in [1.807, 2.05) is 14.0 Å². The van der Waals surface area contributed by atoms with E-state index in [0.717, 1.165) is 22.0 Å². The fourth-order valence-electron chi connectivity index (χ4n) is 2.07. The number of nitrogen functional groups attached to an aromatic ring is 1. The van der Waals surface area contributed by atoms with Crippen LogP contribution in [0.1, 0.15) is 22.4 Å². The van der Waals surface area contributed by atoms with Crippen LogP contribution in [0.25, 0.3) is 0 Å². The summed E-state index contributed by atoms with van der Waals surface area (Å²) < 4.78 is 1.80. The first-order valence-electron chi connectivity index (χ1n) is 6.05. The molecule has 100 valence electrons. The highest BCUT2D eigenvalue weighted by atomic mass is 32.2. The number of thioether (sulfide) groups is 1. The van der Waals surface area contributed by atoms with E-state index in [2.05, 4.69) is 36.3 Å². The summed E-state index contributed by atoms with van der Waals surface area (Å²) in [6, 6.07) is 8.43. The van der Waals surface area contributed by atoms with Gasteiger partial charge < -0.3 is 5.73 Å². The normalized spacial score (nSPS) is 10.7. The number of nitrogens with one attached hydrogen (secondary N) is 1. The maximum absolute atomic E-state index is 7.66. The van der Waals surface area contributed by atoms with Gasteiger partial charge in [0, 0.05) is 12.8 Å². The minimum atomic E-state index is 0.0809. The van der Waals surface area contributed by atoms with Gasteiger partial charge >= 0.3 is 0 Å². The molecule has 0 aliphatic heterocycles. The van der Waals surface area contributed by atoms with Gasteiger partial charge in [-0.1, -0.05) is 29.8 Å². The Balaban J connectivity index is 2.22. The van der Waals surface area contributed by atoms with Crippen LogP contribution >= 0.6 is 11.8 Å². The van der Waals surface area contributed by atoms with Gasteiger partial charge in [-0.3, -0.25) is 10.1 Å². The van der Waals surface area contributed by atoms with Crippen LogP contribution in [0.2, 0.25) is 0 Å². The Hall–Kier alpha value is -1.75. The maximum atomic E-state index is 7.66. The number of hydrogen-bond donors (Lipinski definition) is 2. The zero-order valence-electron chi connectivity index (χ0n) is 11.4. The number of nitrogens with zero attached hydrogens (tertiary/aromatic N) is 2. The first-order valence-corrected chi connectivity index (χ1v) is 7.04. The third-order valence-electron chi connectivity index (χ3n) is 2.90. The summed E-state index contributed by atoms with van der Waals surface area (Å²) in [5.41, 5.74) is 9.71. The van der Waals surface area contributed by atoms with Crippen LogP contribution in [0.3, 0.4) is 0 Å². The standard InChI is InChI=1S/C14H18N4S/c1-9-5-4-6-11(7-9)8-19-14-12(13(15)16)10(2)17-18(14)3/h4-7H,8H2,1-3H3,(H3,15,16). The fourth-order valence-corrected chi connectivity index (χ4v) is 3.18. The van der Waals surface area contributed by atoms with Crippen LogP contribution in [0.15, 0.2) is 29.3 Å². The molecule has 0 saturated heterocycles. The van der Waals surface area contributed by atoms with E-state index in [1.165, 1.54) is 11.1 Å². The van der Waals surface area contributed by atoms with E-state index in [1.54, 1.807) is 16.4 Å². The number of nitrogens with two attached hydrogens (primary N) is 1. The number of aromatic nitrogens is 2. The van der Waals surface area contributed by atoms with Crippen LogP contribution < -0.4 is 5.73 Å². The molecule has 19 heavy (non-hydrogen) atoms. The van der Waals surface area contributed by atoms with Gasteiger partial charge in [-0.25, -0.2) is 0 Å². The average molecular weight is 274 g/mol. The molecule has 0 unspecified atom stereocenters. The van der Waals surface area contributed by atoms with Crippen LogP contribution in [0.5, 0.6) is 0 Å². The molecule has 1 aromatic carbocycles. The summed E-state index contributed by atoms with van der Waals surface area (Å²) in [4.78, 5) is 0. The first-order chi connectivity index (χ1) is 8.99. The molecule has 2 rings (SSSR count). The highest BCUT2D eigenvalue weighted by Crippen LogP contribution is 2.27. The molecule has 0 bridgehead atoms. The van der Waals surface area contributed by atoms with E-state index in [4.69, 9.17) is 11.1 Å². The van der Waals surface area contributed by atoms with Gasteiger partial charge in [-0.15, -0.1) is 11.8 Å². The predicted molar refractivity (Wildman–Crippen MR) is 79.7 cm³/mol. The molecule has 0 saturated carbocycles. The highest BCUT2D eigenvalue weighted by molar-refractivity contribution is 7.98. The van der Waals surface area contributed by atoms with Crippen LogP contribution in [-0.4, -0.2) is 15.6 Å². The zero-order valence-corrected chi connectivity index (χ0v) is 12.2. The Labute approximate surface area is 117 Å². The lowest BCUT2D eigenvalue weighted by molar-refractivity contribution is 0.692. The molecule has 0 amide bonds. The minimum absolute atomic E-state index is 0.0809. The van der Waals surface area contributed by atoms with E-state index in [9.17, 15) is 0 Å². The molecule has 4 nitrogen and oxygen atoms in total. The smallest absolute Gasteiger partial charge is 0.127 e. The third-order valence-corrected chi connectivity index (χ3v) is 4.12. The van der Waals surface area contributed by atoms with E-state index in [0.29, 0.717) is 0 Å². The third kappa shape index (κ3) is 2.98. The maximum Gasteiger partial charge on any atom is 0.127 e. The molecule has 2 aromatic rings. The number of rotatable bonds is 4. The number of aryl methyl sites for hydroxylation is 3. The van der Waals surface area contributed by atoms with Crippen molar-refractivity contribution < 1.29 is 0 Å². The quantitative estimate of drug-likeness (QED) is 0.511. The van der Waals surface area contributed by atoms with Gasteiger partial charge in [-0.05, 0) is 19.4 Å². The van der Waals surface area contributed by atoms with E-state index in [-0.39, 0.29) is 5.84 Å². The molecule has 0 fully saturated rings. The number of amidine groups is 1. The van der Waals surface area contributed by atoms with Crippen molar-refractivity contribution >= 4 is 17.6 Å². The molecule has 0 spiro atoms. The Morgan fingerprint density at radius 1 is 1.42 bits per heavy atom. The summed E-state index contributed by atoms with van der Waals surface area (Å²) in [5, 5.41) is 12.9. The van der Waals surface area contributed by atoms with Gasteiger partial charge in [0.25, 0.3) is 0 Å². The predicted octanol–water partition coefficient (Wildman–Crippen LogP) is 2.61. The van der Waals surface area contributed by atoms with Crippen molar-refractivity contribution in [2.24, 2.45) is 12.8 Å².